The SMILES string of the molecule is CCc1cc(OCc2cc(F)cc(Br)c2)c(C(=O)O)s1. The monoisotopic (exact) mass is 358 g/mol. The summed E-state index contributed by atoms with van der Waals surface area (Å²) >= 11 is 4.41. The topological polar surface area (TPSA) is 46.5 Å². The lowest BCUT2D eigenvalue weighted by Gasteiger charge is -2.06. The molecule has 0 bridgehead atoms. The maximum Gasteiger partial charge on any atom is 0.349 e. The van der Waals surface area contributed by atoms with Crippen LogP contribution in [0.15, 0.2) is 28.7 Å². The summed E-state index contributed by atoms with van der Waals surface area (Å²) in [5, 5.41) is 9.12. The molecule has 0 amide bonds. The molecule has 1 heterocycles. The number of carbonyl (C=O) groups is 1. The van der Waals surface area contributed by atoms with E-state index in [4.69, 9.17) is 9.84 Å². The molecule has 1 aromatic heterocycles. The Morgan fingerprint density at radius 3 is 2.75 bits per heavy atom. The average Bonchev–Trinajstić information content (AvgIpc) is 2.78. The molecule has 3 nitrogen and oxygen atoms in total. The van der Waals surface area contributed by atoms with Crippen molar-refractivity contribution in [2.24, 2.45) is 0 Å². The molecule has 6 heteroatoms. The van der Waals surface area contributed by atoms with Gasteiger partial charge >= 0.3 is 5.97 Å². The normalized spacial score (nSPS) is 10.6. The minimum absolute atomic E-state index is 0.122. The highest BCUT2D eigenvalue weighted by molar-refractivity contribution is 9.10. The van der Waals surface area contributed by atoms with Crippen LogP contribution in [0.3, 0.4) is 0 Å². The van der Waals surface area contributed by atoms with Crippen LogP contribution in [0.2, 0.25) is 0 Å². The number of aromatic carboxylic acids is 1. The van der Waals surface area contributed by atoms with Gasteiger partial charge in [-0.1, -0.05) is 22.9 Å². The van der Waals surface area contributed by atoms with Gasteiger partial charge in [-0.3, -0.25) is 0 Å². The number of hydrogen-bond donors (Lipinski definition) is 1. The Bertz CT molecular complexity index is 619. The smallest absolute Gasteiger partial charge is 0.349 e. The minimum Gasteiger partial charge on any atom is -0.487 e. The van der Waals surface area contributed by atoms with Gasteiger partial charge in [-0.15, -0.1) is 11.3 Å². The zero-order valence-corrected chi connectivity index (χ0v) is 13.1. The van der Waals surface area contributed by atoms with Crippen molar-refractivity contribution in [1.29, 1.82) is 0 Å². The van der Waals surface area contributed by atoms with Gasteiger partial charge in [0.15, 0.2) is 4.88 Å². The molecule has 1 aromatic carbocycles. The van der Waals surface area contributed by atoms with Crippen LogP contribution in [0.5, 0.6) is 5.75 Å². The Hall–Kier alpha value is -1.40. The quantitative estimate of drug-likeness (QED) is 0.856. The van der Waals surface area contributed by atoms with Gasteiger partial charge in [-0.2, -0.15) is 0 Å². The summed E-state index contributed by atoms with van der Waals surface area (Å²) in [7, 11) is 0. The van der Waals surface area contributed by atoms with E-state index in [-0.39, 0.29) is 17.3 Å². The molecule has 2 rings (SSSR count). The van der Waals surface area contributed by atoms with Crippen molar-refractivity contribution in [3.05, 3.63) is 49.9 Å². The molecule has 0 aliphatic carbocycles. The highest BCUT2D eigenvalue weighted by Gasteiger charge is 2.16. The number of thiophene rings is 1. The van der Waals surface area contributed by atoms with E-state index in [0.29, 0.717) is 15.8 Å². The standard InChI is InChI=1S/C14H12BrFO3S/c1-2-11-6-12(13(20-11)14(17)18)19-7-8-3-9(15)5-10(16)4-8/h3-6H,2,7H2,1H3,(H,17,18). The number of halogens is 2. The third kappa shape index (κ3) is 3.58. The zero-order chi connectivity index (χ0) is 14.7. The molecule has 0 atom stereocenters. The van der Waals surface area contributed by atoms with Gasteiger partial charge in [0.25, 0.3) is 0 Å². The largest absolute Gasteiger partial charge is 0.487 e. The maximum atomic E-state index is 13.2. The van der Waals surface area contributed by atoms with Crippen LogP contribution in [0, 0.1) is 5.82 Å². The van der Waals surface area contributed by atoms with Crippen molar-refractivity contribution in [3.63, 3.8) is 0 Å². The predicted molar refractivity (Wildman–Crippen MR) is 79.1 cm³/mol. The number of carboxylic acid groups (broad SMARTS) is 1. The van der Waals surface area contributed by atoms with Crippen LogP contribution in [0.4, 0.5) is 4.39 Å². The van der Waals surface area contributed by atoms with E-state index in [2.05, 4.69) is 15.9 Å². The van der Waals surface area contributed by atoms with Crippen LogP contribution in [0.1, 0.15) is 27.0 Å². The van der Waals surface area contributed by atoms with E-state index in [1.807, 2.05) is 6.92 Å². The highest BCUT2D eigenvalue weighted by atomic mass is 79.9. The van der Waals surface area contributed by atoms with E-state index in [0.717, 1.165) is 11.3 Å². The van der Waals surface area contributed by atoms with Gasteiger partial charge in [0.1, 0.15) is 18.2 Å². The first kappa shape index (κ1) is 15.0. The first-order valence-corrected chi connectivity index (χ1v) is 7.54. The van der Waals surface area contributed by atoms with Gasteiger partial charge in [0.2, 0.25) is 0 Å². The summed E-state index contributed by atoms with van der Waals surface area (Å²) in [6.45, 7) is 2.07. The Morgan fingerprint density at radius 2 is 2.15 bits per heavy atom. The van der Waals surface area contributed by atoms with Crippen molar-refractivity contribution in [3.8, 4) is 5.75 Å². The molecule has 0 fully saturated rings. The molecule has 2 aromatic rings. The predicted octanol–water partition coefficient (Wildman–Crippen LogP) is 4.49. The van der Waals surface area contributed by atoms with Gasteiger partial charge in [0, 0.05) is 9.35 Å². The Balaban J connectivity index is 2.17. The van der Waals surface area contributed by atoms with Gasteiger partial charge in [-0.05, 0) is 36.2 Å². The van der Waals surface area contributed by atoms with Crippen molar-refractivity contribution in [2.45, 2.75) is 20.0 Å². The van der Waals surface area contributed by atoms with Crippen molar-refractivity contribution >= 4 is 33.2 Å². The van der Waals surface area contributed by atoms with E-state index in [1.54, 1.807) is 12.1 Å². The highest BCUT2D eigenvalue weighted by Crippen LogP contribution is 2.30. The molecule has 1 N–H and O–H groups in total. The molecule has 0 unspecified atom stereocenters. The fraction of sp³-hybridized carbons (Fsp3) is 0.214. The number of hydrogen-bond acceptors (Lipinski definition) is 3. The van der Waals surface area contributed by atoms with Gasteiger partial charge in [-0.25, -0.2) is 9.18 Å². The maximum absolute atomic E-state index is 13.2. The molecule has 0 radical (unpaired) electrons. The molecule has 0 aliphatic heterocycles. The second-order valence-corrected chi connectivity index (χ2v) is 6.18. The summed E-state index contributed by atoms with van der Waals surface area (Å²) in [6.07, 6.45) is 0.750. The second-order valence-electron chi connectivity index (χ2n) is 4.13. The average molecular weight is 359 g/mol. The first-order valence-electron chi connectivity index (χ1n) is 5.93. The fourth-order valence-electron chi connectivity index (χ4n) is 1.71. The Kier molecular flexibility index (Phi) is 4.77. The molecule has 0 aliphatic rings. The number of aryl methyl sites for hydroxylation is 1. The molecule has 0 saturated heterocycles. The Labute approximate surface area is 128 Å². The molecule has 0 saturated carbocycles. The molecular formula is C14H12BrFO3S. The van der Waals surface area contributed by atoms with E-state index in [1.165, 1.54) is 23.5 Å². The summed E-state index contributed by atoms with van der Waals surface area (Å²) < 4.78 is 19.4. The number of carboxylic acids is 1. The van der Waals surface area contributed by atoms with E-state index >= 15 is 0 Å². The summed E-state index contributed by atoms with van der Waals surface area (Å²) in [6, 6.07) is 6.17. The first-order chi connectivity index (χ1) is 9.49. The van der Waals surface area contributed by atoms with E-state index < -0.39 is 5.97 Å². The van der Waals surface area contributed by atoms with Crippen LogP contribution in [-0.2, 0) is 13.0 Å². The number of ether oxygens (including phenoxy) is 1. The van der Waals surface area contributed by atoms with Crippen LogP contribution in [-0.4, -0.2) is 11.1 Å². The fourth-order valence-corrected chi connectivity index (χ4v) is 3.10. The lowest BCUT2D eigenvalue weighted by Crippen LogP contribution is -2.00. The van der Waals surface area contributed by atoms with Crippen LogP contribution in [0.25, 0.3) is 0 Å². The van der Waals surface area contributed by atoms with Crippen molar-refractivity contribution in [1.82, 2.24) is 0 Å². The second kappa shape index (κ2) is 6.37. The van der Waals surface area contributed by atoms with Crippen LogP contribution >= 0.6 is 27.3 Å². The van der Waals surface area contributed by atoms with Crippen molar-refractivity contribution in [2.75, 3.05) is 0 Å². The molecule has 0 spiro atoms. The zero-order valence-electron chi connectivity index (χ0n) is 10.7. The number of rotatable bonds is 5. The molecule has 20 heavy (non-hydrogen) atoms. The summed E-state index contributed by atoms with van der Waals surface area (Å²) in [4.78, 5) is 12.3. The van der Waals surface area contributed by atoms with Crippen molar-refractivity contribution < 1.29 is 19.0 Å². The Morgan fingerprint density at radius 1 is 1.40 bits per heavy atom. The van der Waals surface area contributed by atoms with E-state index in [9.17, 15) is 9.18 Å². The minimum atomic E-state index is -1.01. The third-order valence-corrected chi connectivity index (χ3v) is 4.31. The summed E-state index contributed by atoms with van der Waals surface area (Å²) in [5.41, 5.74) is 0.637. The molecule has 106 valence electrons. The van der Waals surface area contributed by atoms with Gasteiger partial charge in [0.05, 0.1) is 0 Å². The van der Waals surface area contributed by atoms with Crippen LogP contribution < -0.4 is 4.74 Å². The van der Waals surface area contributed by atoms with Gasteiger partial charge < -0.3 is 9.84 Å². The lowest BCUT2D eigenvalue weighted by molar-refractivity contribution is 0.0697. The summed E-state index contributed by atoms with van der Waals surface area (Å²) in [5.74, 6) is -1.04. The number of benzene rings is 1. The lowest BCUT2D eigenvalue weighted by atomic mass is 10.2. The molecular weight excluding hydrogens is 347 g/mol. The third-order valence-electron chi connectivity index (χ3n) is 2.61.